The van der Waals surface area contributed by atoms with Crippen molar-refractivity contribution < 1.29 is 18.0 Å². The number of nitrogens with one attached hydrogen (secondary N) is 1. The van der Waals surface area contributed by atoms with Crippen molar-refractivity contribution in [2.45, 2.75) is 24.9 Å². The van der Waals surface area contributed by atoms with E-state index in [4.69, 9.17) is 11.6 Å². The van der Waals surface area contributed by atoms with Crippen molar-refractivity contribution in [3.63, 3.8) is 0 Å². The van der Waals surface area contributed by atoms with Crippen LogP contribution in [0.25, 0.3) is 0 Å². The van der Waals surface area contributed by atoms with Gasteiger partial charge >= 0.3 is 0 Å². The molecule has 0 spiro atoms. The predicted octanol–water partition coefficient (Wildman–Crippen LogP) is 2.85. The van der Waals surface area contributed by atoms with Gasteiger partial charge in [-0.05, 0) is 24.1 Å². The fraction of sp³-hybridized carbons (Fsp3) is 0.333. The number of rotatable bonds is 6. The summed E-state index contributed by atoms with van der Waals surface area (Å²) in [5, 5.41) is 3.22. The van der Waals surface area contributed by atoms with E-state index in [9.17, 15) is 18.0 Å². The Hall–Kier alpha value is -2.38. The molecule has 2 aromatic rings. The monoisotopic (exact) mass is 434 g/mol. The van der Waals surface area contributed by atoms with E-state index in [1.54, 1.807) is 31.3 Å². The van der Waals surface area contributed by atoms with Crippen LogP contribution in [-0.2, 0) is 14.6 Å². The van der Waals surface area contributed by atoms with Gasteiger partial charge in [0.2, 0.25) is 5.91 Å². The third kappa shape index (κ3) is 5.36. The molecule has 3 rings (SSSR count). The standard InChI is InChI=1S/C21H23ClN2O4S/c1-24(16-11-12-29(27,28)14-16)20(25)13-19(15-7-3-2-4-8-15)23-21(26)17-9-5-6-10-18(17)22/h2-10,16,19H,11-14H2,1H3,(H,23,26)/t16-,19-/m0/s1. The highest BCUT2D eigenvalue weighted by Crippen LogP contribution is 2.23. The van der Waals surface area contributed by atoms with Crippen LogP contribution in [0.15, 0.2) is 54.6 Å². The highest BCUT2D eigenvalue weighted by molar-refractivity contribution is 7.91. The minimum absolute atomic E-state index is 0.0166. The van der Waals surface area contributed by atoms with Crippen molar-refractivity contribution in [2.75, 3.05) is 18.6 Å². The number of halogens is 1. The molecule has 1 saturated heterocycles. The van der Waals surface area contributed by atoms with Crippen LogP contribution in [0.3, 0.4) is 0 Å². The van der Waals surface area contributed by atoms with E-state index < -0.39 is 15.9 Å². The normalized spacial score (nSPS) is 18.8. The van der Waals surface area contributed by atoms with Gasteiger partial charge in [0.05, 0.1) is 34.6 Å². The molecule has 2 amide bonds. The number of hydrogen-bond donors (Lipinski definition) is 1. The lowest BCUT2D eigenvalue weighted by Gasteiger charge is -2.26. The first-order valence-corrected chi connectivity index (χ1v) is 11.5. The molecular formula is C21H23ClN2O4S. The van der Waals surface area contributed by atoms with E-state index in [2.05, 4.69) is 5.32 Å². The number of nitrogens with zero attached hydrogens (tertiary/aromatic N) is 1. The van der Waals surface area contributed by atoms with Gasteiger partial charge in [0, 0.05) is 13.1 Å². The number of hydrogen-bond acceptors (Lipinski definition) is 4. The van der Waals surface area contributed by atoms with Crippen LogP contribution in [0.5, 0.6) is 0 Å². The Morgan fingerprint density at radius 3 is 2.41 bits per heavy atom. The molecule has 2 atom stereocenters. The average Bonchev–Trinajstić information content (AvgIpc) is 3.07. The number of benzene rings is 2. The van der Waals surface area contributed by atoms with Crippen molar-refractivity contribution in [3.05, 3.63) is 70.7 Å². The fourth-order valence-corrected chi connectivity index (χ4v) is 5.42. The van der Waals surface area contributed by atoms with E-state index in [1.165, 1.54) is 4.90 Å². The summed E-state index contributed by atoms with van der Waals surface area (Å²) in [6.07, 6.45) is 0.458. The number of sulfone groups is 1. The van der Waals surface area contributed by atoms with Gasteiger partial charge < -0.3 is 10.2 Å². The van der Waals surface area contributed by atoms with Gasteiger partial charge in [-0.3, -0.25) is 9.59 Å². The minimum atomic E-state index is -3.09. The molecule has 0 unspecified atom stereocenters. The van der Waals surface area contributed by atoms with Crippen molar-refractivity contribution in [1.82, 2.24) is 10.2 Å². The molecule has 1 N–H and O–H groups in total. The first kappa shape index (κ1) is 21.3. The number of amides is 2. The van der Waals surface area contributed by atoms with Crippen LogP contribution in [-0.4, -0.2) is 49.7 Å². The van der Waals surface area contributed by atoms with Gasteiger partial charge in [-0.2, -0.15) is 0 Å². The Balaban J connectivity index is 1.77. The Kier molecular flexibility index (Phi) is 6.59. The van der Waals surface area contributed by atoms with Crippen LogP contribution in [0.2, 0.25) is 5.02 Å². The zero-order valence-electron chi connectivity index (χ0n) is 16.0. The van der Waals surface area contributed by atoms with E-state index in [0.717, 1.165) is 5.56 Å². The Morgan fingerprint density at radius 2 is 1.79 bits per heavy atom. The lowest BCUT2D eigenvalue weighted by molar-refractivity contribution is -0.132. The average molecular weight is 435 g/mol. The largest absolute Gasteiger partial charge is 0.345 e. The third-order valence-electron chi connectivity index (χ3n) is 5.15. The van der Waals surface area contributed by atoms with Crippen molar-refractivity contribution in [3.8, 4) is 0 Å². The maximum Gasteiger partial charge on any atom is 0.253 e. The summed E-state index contributed by atoms with van der Waals surface area (Å²) in [5.41, 5.74) is 1.12. The minimum Gasteiger partial charge on any atom is -0.345 e. The maximum atomic E-state index is 12.9. The van der Waals surface area contributed by atoms with Crippen LogP contribution >= 0.6 is 11.6 Å². The molecule has 0 aliphatic carbocycles. The molecule has 6 nitrogen and oxygen atoms in total. The third-order valence-corrected chi connectivity index (χ3v) is 7.23. The van der Waals surface area contributed by atoms with E-state index in [0.29, 0.717) is 17.0 Å². The summed E-state index contributed by atoms with van der Waals surface area (Å²) in [7, 11) is -1.48. The van der Waals surface area contributed by atoms with Gasteiger partial charge in [-0.15, -0.1) is 0 Å². The SMILES string of the molecule is CN(C(=O)C[C@H](NC(=O)c1ccccc1Cl)c1ccccc1)[C@H]1CCS(=O)(=O)C1. The zero-order chi connectivity index (χ0) is 21.0. The highest BCUT2D eigenvalue weighted by Gasteiger charge is 2.33. The second-order valence-electron chi connectivity index (χ2n) is 7.18. The van der Waals surface area contributed by atoms with Gasteiger partial charge in [-0.1, -0.05) is 54.1 Å². The molecular weight excluding hydrogens is 412 g/mol. The van der Waals surface area contributed by atoms with E-state index in [1.807, 2.05) is 30.3 Å². The lowest BCUT2D eigenvalue weighted by Crippen LogP contribution is -2.40. The quantitative estimate of drug-likeness (QED) is 0.757. The molecule has 8 heteroatoms. The highest BCUT2D eigenvalue weighted by atomic mass is 35.5. The van der Waals surface area contributed by atoms with E-state index >= 15 is 0 Å². The summed E-state index contributed by atoms with van der Waals surface area (Å²) in [4.78, 5) is 27.1. The molecule has 0 bridgehead atoms. The first-order valence-electron chi connectivity index (χ1n) is 9.33. The first-order chi connectivity index (χ1) is 13.8. The summed E-state index contributed by atoms with van der Waals surface area (Å²) in [6.45, 7) is 0. The molecule has 1 aliphatic heterocycles. The van der Waals surface area contributed by atoms with Crippen LogP contribution in [0, 0.1) is 0 Å². The molecule has 0 radical (unpaired) electrons. The van der Waals surface area contributed by atoms with Gasteiger partial charge in [-0.25, -0.2) is 8.42 Å². The van der Waals surface area contributed by atoms with Crippen LogP contribution < -0.4 is 5.32 Å². The summed E-state index contributed by atoms with van der Waals surface area (Å²) in [6, 6.07) is 15.0. The van der Waals surface area contributed by atoms with Crippen LogP contribution in [0.4, 0.5) is 0 Å². The van der Waals surface area contributed by atoms with E-state index in [-0.39, 0.29) is 35.8 Å². The van der Waals surface area contributed by atoms with Gasteiger partial charge in [0.15, 0.2) is 9.84 Å². The second-order valence-corrected chi connectivity index (χ2v) is 9.82. The maximum absolute atomic E-state index is 12.9. The van der Waals surface area contributed by atoms with Crippen molar-refractivity contribution >= 4 is 33.3 Å². The molecule has 0 saturated carbocycles. The summed E-state index contributed by atoms with van der Waals surface area (Å²) < 4.78 is 23.5. The van der Waals surface area contributed by atoms with Crippen LogP contribution in [0.1, 0.15) is 34.8 Å². The summed E-state index contributed by atoms with van der Waals surface area (Å²) in [5.74, 6) is -0.513. The number of carbonyl (C=O) groups excluding carboxylic acids is 2. The molecule has 0 aromatic heterocycles. The Morgan fingerprint density at radius 1 is 1.14 bits per heavy atom. The Labute approximate surface area is 175 Å². The molecule has 1 aliphatic rings. The van der Waals surface area contributed by atoms with Gasteiger partial charge in [0.1, 0.15) is 0 Å². The zero-order valence-corrected chi connectivity index (χ0v) is 17.6. The van der Waals surface area contributed by atoms with Gasteiger partial charge in [0.25, 0.3) is 5.91 Å². The fourth-order valence-electron chi connectivity index (χ4n) is 3.42. The topological polar surface area (TPSA) is 83.6 Å². The predicted molar refractivity (Wildman–Crippen MR) is 113 cm³/mol. The van der Waals surface area contributed by atoms with Crippen molar-refractivity contribution in [2.24, 2.45) is 0 Å². The molecule has 2 aromatic carbocycles. The molecule has 1 heterocycles. The Bertz CT molecular complexity index is 995. The number of carbonyl (C=O) groups is 2. The molecule has 1 fully saturated rings. The molecule has 154 valence electrons. The smallest absolute Gasteiger partial charge is 0.253 e. The lowest BCUT2D eigenvalue weighted by atomic mass is 10.0. The molecule has 29 heavy (non-hydrogen) atoms. The summed E-state index contributed by atoms with van der Waals surface area (Å²) >= 11 is 6.12. The van der Waals surface area contributed by atoms with Crippen molar-refractivity contribution in [1.29, 1.82) is 0 Å². The second kappa shape index (κ2) is 8.97.